The van der Waals surface area contributed by atoms with Gasteiger partial charge in [-0.2, -0.15) is 0 Å². The molecule has 0 radical (unpaired) electrons. The number of carbonyl (C=O) groups excluding carboxylic acids is 1. The monoisotopic (exact) mass is 342 g/mol. The predicted octanol–water partition coefficient (Wildman–Crippen LogP) is 3.51. The molecular weight excluding hydrogens is 327 g/mol. The zero-order valence-electron chi connectivity index (χ0n) is 12.2. The van der Waals surface area contributed by atoms with Crippen LogP contribution < -0.4 is 5.32 Å². The minimum Gasteiger partial charge on any atom is -0.462 e. The number of anilines is 1. The number of esters is 1. The minimum atomic E-state index is -0.590. The summed E-state index contributed by atoms with van der Waals surface area (Å²) in [6, 6.07) is 3.25. The number of carbonyl (C=O) groups is 1. The van der Waals surface area contributed by atoms with Crippen molar-refractivity contribution in [3.63, 3.8) is 0 Å². The Bertz CT molecular complexity index is 705. The van der Waals surface area contributed by atoms with Gasteiger partial charge in [-0.3, -0.25) is 4.98 Å². The SMILES string of the molecule is CCOC(=O)c1cnc2c(Cl)cc(Cl)cc2c1NCC(C)O. The van der Waals surface area contributed by atoms with Gasteiger partial charge in [0.1, 0.15) is 5.56 Å². The first-order valence-electron chi connectivity index (χ1n) is 6.80. The number of hydrogen-bond acceptors (Lipinski definition) is 5. The molecule has 0 aliphatic heterocycles. The Morgan fingerprint density at radius 3 is 2.82 bits per heavy atom. The number of benzene rings is 1. The molecule has 0 amide bonds. The van der Waals surface area contributed by atoms with E-state index in [2.05, 4.69) is 10.3 Å². The van der Waals surface area contributed by atoms with Gasteiger partial charge in [-0.1, -0.05) is 23.2 Å². The van der Waals surface area contributed by atoms with Crippen molar-refractivity contribution in [3.8, 4) is 0 Å². The molecule has 2 rings (SSSR count). The van der Waals surface area contributed by atoms with E-state index in [-0.39, 0.29) is 18.7 Å². The van der Waals surface area contributed by atoms with E-state index in [0.29, 0.717) is 26.6 Å². The van der Waals surface area contributed by atoms with Crippen molar-refractivity contribution in [2.45, 2.75) is 20.0 Å². The van der Waals surface area contributed by atoms with E-state index >= 15 is 0 Å². The number of ether oxygens (including phenoxy) is 1. The topological polar surface area (TPSA) is 71.5 Å². The summed E-state index contributed by atoms with van der Waals surface area (Å²) in [5.41, 5.74) is 1.29. The maximum atomic E-state index is 12.1. The molecular formula is C15H16Cl2N2O3. The number of halogens is 2. The molecule has 1 heterocycles. The number of aliphatic hydroxyl groups is 1. The minimum absolute atomic E-state index is 0.253. The molecule has 0 aliphatic carbocycles. The number of aromatic nitrogens is 1. The van der Waals surface area contributed by atoms with Crippen LogP contribution in [-0.2, 0) is 4.74 Å². The molecule has 1 aromatic heterocycles. The lowest BCUT2D eigenvalue weighted by Gasteiger charge is -2.15. The van der Waals surface area contributed by atoms with Crippen LogP contribution in [0.15, 0.2) is 18.3 Å². The van der Waals surface area contributed by atoms with Crippen LogP contribution in [0.1, 0.15) is 24.2 Å². The lowest BCUT2D eigenvalue weighted by Crippen LogP contribution is -2.18. The highest BCUT2D eigenvalue weighted by molar-refractivity contribution is 6.38. The molecule has 0 spiro atoms. The van der Waals surface area contributed by atoms with E-state index in [9.17, 15) is 9.90 Å². The van der Waals surface area contributed by atoms with Crippen molar-refractivity contribution in [1.82, 2.24) is 4.98 Å². The Kier molecular flexibility index (Phi) is 5.45. The van der Waals surface area contributed by atoms with Crippen molar-refractivity contribution in [2.75, 3.05) is 18.5 Å². The first-order valence-corrected chi connectivity index (χ1v) is 7.56. The fraction of sp³-hybridized carbons (Fsp3) is 0.333. The zero-order valence-corrected chi connectivity index (χ0v) is 13.7. The molecule has 0 saturated carbocycles. The van der Waals surface area contributed by atoms with Crippen molar-refractivity contribution in [1.29, 1.82) is 0 Å². The van der Waals surface area contributed by atoms with Crippen LogP contribution in [0.5, 0.6) is 0 Å². The average Bonchev–Trinajstić information content (AvgIpc) is 2.44. The summed E-state index contributed by atoms with van der Waals surface area (Å²) in [5, 5.41) is 13.9. The fourth-order valence-corrected chi connectivity index (χ4v) is 2.57. The number of pyridine rings is 1. The molecule has 0 saturated heterocycles. The number of aliphatic hydroxyl groups excluding tert-OH is 1. The van der Waals surface area contributed by atoms with Gasteiger partial charge < -0.3 is 15.2 Å². The van der Waals surface area contributed by atoms with Gasteiger partial charge in [0, 0.05) is 23.2 Å². The second kappa shape index (κ2) is 7.13. The van der Waals surface area contributed by atoms with Gasteiger partial charge in [0.25, 0.3) is 0 Å². The van der Waals surface area contributed by atoms with E-state index in [1.54, 1.807) is 26.0 Å². The molecule has 1 atom stereocenters. The van der Waals surface area contributed by atoms with E-state index in [1.165, 1.54) is 6.20 Å². The maximum Gasteiger partial charge on any atom is 0.341 e. The molecule has 0 bridgehead atoms. The summed E-state index contributed by atoms with van der Waals surface area (Å²) in [4.78, 5) is 16.3. The standard InChI is InChI=1S/C15H16Cl2N2O3/c1-3-22-15(21)11-7-19-14-10(4-9(16)5-12(14)17)13(11)18-6-8(2)20/h4-5,7-8,20H,3,6H2,1-2H3,(H,18,19). The zero-order chi connectivity index (χ0) is 16.3. The van der Waals surface area contributed by atoms with E-state index in [0.717, 1.165) is 0 Å². The fourth-order valence-electron chi connectivity index (χ4n) is 2.03. The van der Waals surface area contributed by atoms with Gasteiger partial charge in [-0.25, -0.2) is 4.79 Å². The van der Waals surface area contributed by atoms with Gasteiger partial charge in [-0.05, 0) is 26.0 Å². The molecule has 22 heavy (non-hydrogen) atoms. The summed E-state index contributed by atoms with van der Waals surface area (Å²) >= 11 is 12.2. The van der Waals surface area contributed by atoms with E-state index in [4.69, 9.17) is 27.9 Å². The van der Waals surface area contributed by atoms with Gasteiger partial charge in [0.2, 0.25) is 0 Å². The van der Waals surface area contributed by atoms with Gasteiger partial charge in [0.05, 0.1) is 28.9 Å². The first kappa shape index (κ1) is 16.8. The number of nitrogens with one attached hydrogen (secondary N) is 1. The van der Waals surface area contributed by atoms with Gasteiger partial charge >= 0.3 is 5.97 Å². The van der Waals surface area contributed by atoms with E-state index < -0.39 is 12.1 Å². The third-order valence-electron chi connectivity index (χ3n) is 2.96. The van der Waals surface area contributed by atoms with Crippen LogP contribution in [0, 0.1) is 0 Å². The molecule has 1 unspecified atom stereocenters. The van der Waals surface area contributed by atoms with Crippen LogP contribution in [0.25, 0.3) is 10.9 Å². The lowest BCUT2D eigenvalue weighted by molar-refractivity contribution is 0.0527. The molecule has 2 N–H and O–H groups in total. The molecule has 1 aromatic carbocycles. The predicted molar refractivity (Wildman–Crippen MR) is 87.9 cm³/mol. The molecule has 7 heteroatoms. The van der Waals surface area contributed by atoms with Crippen molar-refractivity contribution in [2.24, 2.45) is 0 Å². The Labute approximate surface area is 138 Å². The van der Waals surface area contributed by atoms with Gasteiger partial charge in [0.15, 0.2) is 0 Å². The smallest absolute Gasteiger partial charge is 0.341 e. The second-order valence-electron chi connectivity index (χ2n) is 4.78. The lowest BCUT2D eigenvalue weighted by atomic mass is 10.1. The third-order valence-corrected chi connectivity index (χ3v) is 3.47. The van der Waals surface area contributed by atoms with Crippen LogP contribution in [-0.4, -0.2) is 35.3 Å². The molecule has 118 valence electrons. The Hall–Kier alpha value is -1.56. The molecule has 5 nitrogen and oxygen atoms in total. The van der Waals surface area contributed by atoms with Gasteiger partial charge in [-0.15, -0.1) is 0 Å². The number of hydrogen-bond donors (Lipinski definition) is 2. The van der Waals surface area contributed by atoms with E-state index in [1.807, 2.05) is 0 Å². The normalized spacial score (nSPS) is 12.2. The molecule has 2 aromatic rings. The highest BCUT2D eigenvalue weighted by atomic mass is 35.5. The van der Waals surface area contributed by atoms with Crippen LogP contribution in [0.3, 0.4) is 0 Å². The Morgan fingerprint density at radius 2 is 2.18 bits per heavy atom. The average molecular weight is 343 g/mol. The summed E-state index contributed by atoms with van der Waals surface area (Å²) in [6.07, 6.45) is 0.817. The quantitative estimate of drug-likeness (QED) is 0.813. The summed E-state index contributed by atoms with van der Waals surface area (Å²) in [5.74, 6) is -0.499. The second-order valence-corrected chi connectivity index (χ2v) is 5.62. The first-order chi connectivity index (χ1) is 10.4. The molecule has 0 aliphatic rings. The number of fused-ring (bicyclic) bond motifs is 1. The summed E-state index contributed by atoms with van der Waals surface area (Å²) in [7, 11) is 0. The summed E-state index contributed by atoms with van der Waals surface area (Å²) < 4.78 is 5.04. The Morgan fingerprint density at radius 1 is 1.45 bits per heavy atom. The maximum absolute atomic E-state index is 12.1. The van der Waals surface area contributed by atoms with Crippen molar-refractivity contribution >= 4 is 45.8 Å². The van der Waals surface area contributed by atoms with Crippen LogP contribution in [0.2, 0.25) is 10.0 Å². The summed E-state index contributed by atoms with van der Waals surface area (Å²) in [6.45, 7) is 3.88. The van der Waals surface area contributed by atoms with Crippen LogP contribution >= 0.6 is 23.2 Å². The number of nitrogens with zero attached hydrogens (tertiary/aromatic N) is 1. The largest absolute Gasteiger partial charge is 0.462 e. The number of rotatable bonds is 5. The third kappa shape index (κ3) is 3.61. The van der Waals surface area contributed by atoms with Crippen molar-refractivity contribution in [3.05, 3.63) is 33.9 Å². The highest BCUT2D eigenvalue weighted by Gasteiger charge is 2.18. The van der Waals surface area contributed by atoms with Crippen molar-refractivity contribution < 1.29 is 14.6 Å². The van der Waals surface area contributed by atoms with Crippen LogP contribution in [0.4, 0.5) is 5.69 Å². The molecule has 0 fully saturated rings. The highest BCUT2D eigenvalue weighted by Crippen LogP contribution is 2.33. The Balaban J connectivity index is 2.63.